The number of nitrogens with zero attached hydrogens (tertiary/aromatic N) is 1. The quantitative estimate of drug-likeness (QED) is 0.792. The number of benzene rings is 1. The zero-order valence-corrected chi connectivity index (χ0v) is 13.7. The molecule has 1 unspecified atom stereocenters. The van der Waals surface area contributed by atoms with Crippen molar-refractivity contribution in [3.63, 3.8) is 0 Å². The number of fused-ring (bicyclic) bond motifs is 1. The van der Waals surface area contributed by atoms with Gasteiger partial charge in [0.25, 0.3) is 0 Å². The Balaban J connectivity index is 1.74. The van der Waals surface area contributed by atoms with Gasteiger partial charge < -0.3 is 14.4 Å². The molecule has 2 heterocycles. The van der Waals surface area contributed by atoms with E-state index < -0.39 is 11.6 Å². The fourth-order valence-electron chi connectivity index (χ4n) is 3.33. The van der Waals surface area contributed by atoms with Crippen LogP contribution < -0.4 is 4.74 Å². The highest BCUT2D eigenvalue weighted by Gasteiger charge is 2.43. The lowest BCUT2D eigenvalue weighted by Crippen LogP contribution is -2.43. The van der Waals surface area contributed by atoms with Crippen LogP contribution >= 0.6 is 0 Å². The molecule has 1 amide bonds. The Kier molecular flexibility index (Phi) is 4.55. The van der Waals surface area contributed by atoms with Gasteiger partial charge in [-0.25, -0.2) is 0 Å². The first kappa shape index (κ1) is 16.5. The predicted molar refractivity (Wildman–Crippen MR) is 85.8 cm³/mol. The van der Waals surface area contributed by atoms with Crippen LogP contribution in [0.5, 0.6) is 5.75 Å². The van der Waals surface area contributed by atoms with Crippen molar-refractivity contribution in [1.29, 1.82) is 0 Å². The van der Waals surface area contributed by atoms with Gasteiger partial charge in [-0.15, -0.1) is 0 Å². The first-order valence-corrected chi connectivity index (χ1v) is 8.28. The Labute approximate surface area is 140 Å². The number of rotatable bonds is 3. The Bertz CT molecular complexity index is 671. The number of ketones is 1. The van der Waals surface area contributed by atoms with Crippen molar-refractivity contribution in [2.75, 3.05) is 19.7 Å². The van der Waals surface area contributed by atoms with Crippen molar-refractivity contribution in [2.45, 2.75) is 38.2 Å². The maximum atomic E-state index is 12.4. The van der Waals surface area contributed by atoms with Crippen molar-refractivity contribution >= 4 is 17.7 Å². The number of carbonyl (C=O) groups excluding carboxylic acids is 3. The van der Waals surface area contributed by atoms with E-state index in [0.717, 1.165) is 0 Å². The predicted octanol–water partition coefficient (Wildman–Crippen LogP) is 1.97. The topological polar surface area (TPSA) is 72.9 Å². The molecule has 1 aromatic carbocycles. The normalized spacial score (nSPS) is 23.5. The largest absolute Gasteiger partial charge is 0.486 e. The summed E-state index contributed by atoms with van der Waals surface area (Å²) in [6.07, 6.45) is 1.53. The van der Waals surface area contributed by atoms with E-state index in [1.165, 1.54) is 4.90 Å². The average Bonchev–Trinajstić information content (AvgIpc) is 2.69. The summed E-state index contributed by atoms with van der Waals surface area (Å²) in [6, 6.07) is 7.20. The van der Waals surface area contributed by atoms with Crippen molar-refractivity contribution in [2.24, 2.45) is 0 Å². The highest BCUT2D eigenvalue weighted by atomic mass is 16.5. The number of Topliss-reactive ketones (excluding diaryl/α,β-unsaturated/α-hetero) is 1. The maximum Gasteiger partial charge on any atom is 0.325 e. The van der Waals surface area contributed by atoms with Crippen LogP contribution in [0.15, 0.2) is 24.3 Å². The third kappa shape index (κ3) is 3.27. The van der Waals surface area contributed by atoms with Crippen molar-refractivity contribution < 1.29 is 23.9 Å². The highest BCUT2D eigenvalue weighted by molar-refractivity contribution is 6.00. The number of hydrogen-bond acceptors (Lipinski definition) is 5. The van der Waals surface area contributed by atoms with Crippen LogP contribution in [0.2, 0.25) is 0 Å². The summed E-state index contributed by atoms with van der Waals surface area (Å²) in [5.41, 5.74) is -0.0630. The zero-order chi connectivity index (χ0) is 17.2. The molecule has 1 aromatic rings. The molecule has 1 fully saturated rings. The number of para-hydroxylation sites is 1. The SMILES string of the molecule is CCOC(=O)CN1CCC2(CCC1=O)CC(=O)c1ccccc1O2. The van der Waals surface area contributed by atoms with Crippen molar-refractivity contribution in [3.05, 3.63) is 29.8 Å². The minimum atomic E-state index is -0.662. The van der Waals surface area contributed by atoms with E-state index in [1.807, 2.05) is 12.1 Å². The van der Waals surface area contributed by atoms with Crippen LogP contribution in [0.3, 0.4) is 0 Å². The van der Waals surface area contributed by atoms with Crippen molar-refractivity contribution in [3.8, 4) is 5.75 Å². The standard InChI is InChI=1S/C18H21NO5/c1-2-23-17(22)12-19-10-9-18(8-7-16(19)21)11-14(20)13-5-3-4-6-15(13)24-18/h3-6H,2,7-12H2,1H3. The maximum absolute atomic E-state index is 12.4. The fraction of sp³-hybridized carbons (Fsp3) is 0.500. The Morgan fingerprint density at radius 2 is 2.08 bits per heavy atom. The molecule has 24 heavy (non-hydrogen) atoms. The molecule has 128 valence electrons. The van der Waals surface area contributed by atoms with E-state index in [9.17, 15) is 14.4 Å². The van der Waals surface area contributed by atoms with Crippen LogP contribution in [0.1, 0.15) is 43.0 Å². The minimum Gasteiger partial charge on any atom is -0.486 e. The van der Waals surface area contributed by atoms with Crippen LogP contribution in [0.25, 0.3) is 0 Å². The molecule has 2 aliphatic heterocycles. The number of likely N-dealkylation sites (tertiary alicyclic amines) is 1. The summed E-state index contributed by atoms with van der Waals surface area (Å²) in [5.74, 6) is 0.116. The molecule has 3 rings (SSSR count). The monoisotopic (exact) mass is 331 g/mol. The molecule has 0 saturated carbocycles. The van der Waals surface area contributed by atoms with Crippen LogP contribution in [-0.4, -0.2) is 47.9 Å². The summed E-state index contributed by atoms with van der Waals surface area (Å²) < 4.78 is 11.1. The molecular formula is C18H21NO5. The number of esters is 1. The Morgan fingerprint density at radius 1 is 1.29 bits per heavy atom. The van der Waals surface area contributed by atoms with Crippen molar-refractivity contribution in [1.82, 2.24) is 4.90 Å². The first-order valence-electron chi connectivity index (χ1n) is 8.28. The third-order valence-corrected chi connectivity index (χ3v) is 4.61. The number of amides is 1. The van der Waals surface area contributed by atoms with Crippen LogP contribution in [0.4, 0.5) is 0 Å². The van der Waals surface area contributed by atoms with E-state index in [2.05, 4.69) is 0 Å². The Hall–Kier alpha value is -2.37. The molecule has 0 N–H and O–H groups in total. The number of hydrogen-bond donors (Lipinski definition) is 0. The molecule has 2 aliphatic rings. The van der Waals surface area contributed by atoms with Gasteiger partial charge in [0.15, 0.2) is 5.78 Å². The summed E-state index contributed by atoms with van der Waals surface area (Å²) in [7, 11) is 0. The lowest BCUT2D eigenvalue weighted by molar-refractivity contribution is -0.148. The third-order valence-electron chi connectivity index (χ3n) is 4.61. The molecule has 0 radical (unpaired) electrons. The van der Waals surface area contributed by atoms with Gasteiger partial charge in [0.1, 0.15) is 17.9 Å². The molecule has 1 saturated heterocycles. The zero-order valence-electron chi connectivity index (χ0n) is 13.7. The molecule has 6 heteroatoms. The number of carbonyl (C=O) groups is 3. The molecule has 1 spiro atoms. The molecule has 0 bridgehead atoms. The second kappa shape index (κ2) is 6.63. The average molecular weight is 331 g/mol. The summed E-state index contributed by atoms with van der Waals surface area (Å²) in [4.78, 5) is 37.9. The van der Waals surface area contributed by atoms with Crippen LogP contribution in [0, 0.1) is 0 Å². The van der Waals surface area contributed by atoms with E-state index in [-0.39, 0.29) is 31.1 Å². The van der Waals surface area contributed by atoms with Gasteiger partial charge >= 0.3 is 5.97 Å². The van der Waals surface area contributed by atoms with Gasteiger partial charge in [0.05, 0.1) is 18.6 Å². The summed E-state index contributed by atoms with van der Waals surface area (Å²) in [6.45, 7) is 2.36. The first-order chi connectivity index (χ1) is 11.5. The lowest BCUT2D eigenvalue weighted by atomic mass is 9.84. The molecule has 1 atom stereocenters. The van der Waals surface area contributed by atoms with E-state index >= 15 is 0 Å². The number of ether oxygens (including phenoxy) is 2. The van der Waals surface area contributed by atoms with Gasteiger partial charge in [-0.1, -0.05) is 12.1 Å². The summed E-state index contributed by atoms with van der Waals surface area (Å²) in [5, 5.41) is 0. The second-order valence-corrected chi connectivity index (χ2v) is 6.25. The highest BCUT2D eigenvalue weighted by Crippen LogP contribution is 2.39. The Morgan fingerprint density at radius 3 is 2.88 bits per heavy atom. The summed E-state index contributed by atoms with van der Waals surface area (Å²) >= 11 is 0. The van der Waals surface area contributed by atoms with Crippen LogP contribution in [-0.2, 0) is 14.3 Å². The van der Waals surface area contributed by atoms with E-state index in [4.69, 9.17) is 9.47 Å². The van der Waals surface area contributed by atoms with Gasteiger partial charge in [-0.05, 0) is 25.5 Å². The lowest BCUT2D eigenvalue weighted by Gasteiger charge is -2.37. The van der Waals surface area contributed by atoms with Gasteiger partial charge in [-0.2, -0.15) is 0 Å². The smallest absolute Gasteiger partial charge is 0.325 e. The molecule has 6 nitrogen and oxygen atoms in total. The van der Waals surface area contributed by atoms with Gasteiger partial charge in [0.2, 0.25) is 5.91 Å². The van der Waals surface area contributed by atoms with Gasteiger partial charge in [-0.3, -0.25) is 14.4 Å². The van der Waals surface area contributed by atoms with Gasteiger partial charge in [0, 0.05) is 19.4 Å². The second-order valence-electron chi connectivity index (χ2n) is 6.25. The fourth-order valence-corrected chi connectivity index (χ4v) is 3.33. The molecular weight excluding hydrogens is 310 g/mol. The molecule has 0 aliphatic carbocycles. The molecule has 0 aromatic heterocycles. The van der Waals surface area contributed by atoms with E-state index in [1.54, 1.807) is 19.1 Å². The minimum absolute atomic E-state index is 0.0446. The van der Waals surface area contributed by atoms with E-state index in [0.29, 0.717) is 37.3 Å².